The Morgan fingerprint density at radius 2 is 2.20 bits per heavy atom. The van der Waals surface area contributed by atoms with Crippen LogP contribution in [0.25, 0.3) is 11.4 Å². The molecule has 0 spiro atoms. The van der Waals surface area contributed by atoms with Gasteiger partial charge in [0.05, 0.1) is 28.9 Å². The van der Waals surface area contributed by atoms with Gasteiger partial charge in [0.15, 0.2) is 9.84 Å². The van der Waals surface area contributed by atoms with Crippen molar-refractivity contribution in [3.63, 3.8) is 0 Å². The van der Waals surface area contributed by atoms with Crippen molar-refractivity contribution in [3.8, 4) is 11.4 Å². The van der Waals surface area contributed by atoms with E-state index in [-0.39, 0.29) is 11.5 Å². The lowest BCUT2D eigenvalue weighted by Crippen LogP contribution is -2.31. The van der Waals surface area contributed by atoms with Crippen molar-refractivity contribution in [1.82, 2.24) is 19.7 Å². The van der Waals surface area contributed by atoms with Crippen LogP contribution in [0.1, 0.15) is 13.3 Å². The van der Waals surface area contributed by atoms with Crippen LogP contribution in [0.2, 0.25) is 0 Å². The van der Waals surface area contributed by atoms with E-state index in [4.69, 9.17) is 5.73 Å². The van der Waals surface area contributed by atoms with E-state index in [1.807, 2.05) is 6.92 Å². The quantitative estimate of drug-likeness (QED) is 0.862. The number of aromatic nitrogens is 4. The van der Waals surface area contributed by atoms with Gasteiger partial charge in [-0.05, 0) is 13.3 Å². The Labute approximate surface area is 116 Å². The molecule has 20 heavy (non-hydrogen) atoms. The smallest absolute Gasteiger partial charge is 0.152 e. The van der Waals surface area contributed by atoms with E-state index >= 15 is 0 Å². The topological polar surface area (TPSA) is 104 Å². The molecular formula is C12H15N5O2S. The molecular weight excluding hydrogens is 278 g/mol. The van der Waals surface area contributed by atoms with Gasteiger partial charge in [0, 0.05) is 18.6 Å². The molecule has 1 fully saturated rings. The Bertz CT molecular complexity index is 740. The SMILES string of the molecule is CC1(n2cc(N)c(-c3cnccn3)n2)CCS(=O)(=O)C1. The highest BCUT2D eigenvalue weighted by molar-refractivity contribution is 7.91. The second kappa shape index (κ2) is 4.27. The van der Waals surface area contributed by atoms with Crippen molar-refractivity contribution < 1.29 is 8.42 Å². The summed E-state index contributed by atoms with van der Waals surface area (Å²) in [4.78, 5) is 8.15. The highest BCUT2D eigenvalue weighted by Gasteiger charge is 2.41. The van der Waals surface area contributed by atoms with Crippen molar-refractivity contribution >= 4 is 15.5 Å². The van der Waals surface area contributed by atoms with Gasteiger partial charge in [-0.25, -0.2) is 8.42 Å². The third kappa shape index (κ3) is 2.15. The number of hydrogen-bond acceptors (Lipinski definition) is 6. The van der Waals surface area contributed by atoms with Gasteiger partial charge in [-0.3, -0.25) is 14.6 Å². The molecule has 1 aliphatic rings. The predicted molar refractivity (Wildman–Crippen MR) is 74.6 cm³/mol. The number of sulfone groups is 1. The summed E-state index contributed by atoms with van der Waals surface area (Å²) in [7, 11) is -3.00. The second-order valence-corrected chi connectivity index (χ2v) is 7.49. The minimum absolute atomic E-state index is 0.0844. The normalized spacial score (nSPS) is 24.9. The number of rotatable bonds is 2. The minimum atomic E-state index is -3.00. The first-order valence-corrected chi connectivity index (χ1v) is 8.04. The molecule has 0 bridgehead atoms. The van der Waals surface area contributed by atoms with Gasteiger partial charge in [-0.15, -0.1) is 0 Å². The van der Waals surface area contributed by atoms with Crippen LogP contribution < -0.4 is 5.73 Å². The lowest BCUT2D eigenvalue weighted by atomic mass is 10.0. The summed E-state index contributed by atoms with van der Waals surface area (Å²) in [5.74, 6) is 0.269. The molecule has 2 N–H and O–H groups in total. The minimum Gasteiger partial charge on any atom is -0.396 e. The van der Waals surface area contributed by atoms with Gasteiger partial charge in [0.2, 0.25) is 0 Å². The Morgan fingerprint density at radius 1 is 1.40 bits per heavy atom. The molecule has 3 rings (SSSR count). The lowest BCUT2D eigenvalue weighted by Gasteiger charge is -2.22. The maximum absolute atomic E-state index is 11.7. The zero-order valence-electron chi connectivity index (χ0n) is 11.0. The molecule has 0 aromatic carbocycles. The Hall–Kier alpha value is -1.96. The standard InChI is InChI=1S/C12H15N5O2S/c1-12(2-5-20(18,19)8-12)17-7-9(13)11(16-17)10-6-14-3-4-15-10/h3-4,6-7H,2,5,8,13H2,1H3. The molecule has 3 heterocycles. The van der Waals surface area contributed by atoms with E-state index in [0.29, 0.717) is 23.5 Å². The molecule has 0 saturated carbocycles. The fraction of sp³-hybridized carbons (Fsp3) is 0.417. The van der Waals surface area contributed by atoms with Crippen LogP contribution >= 0.6 is 0 Å². The van der Waals surface area contributed by atoms with E-state index < -0.39 is 15.4 Å². The molecule has 1 saturated heterocycles. The van der Waals surface area contributed by atoms with Gasteiger partial charge in [0.25, 0.3) is 0 Å². The van der Waals surface area contributed by atoms with E-state index in [9.17, 15) is 8.42 Å². The summed E-state index contributed by atoms with van der Waals surface area (Å²) in [6.07, 6.45) is 6.93. The Balaban J connectivity index is 2.02. The highest BCUT2D eigenvalue weighted by atomic mass is 32.2. The highest BCUT2D eigenvalue weighted by Crippen LogP contribution is 2.32. The molecule has 106 valence electrons. The average Bonchev–Trinajstić information content (AvgIpc) is 2.92. The maximum Gasteiger partial charge on any atom is 0.152 e. The van der Waals surface area contributed by atoms with Crippen LogP contribution in [0.15, 0.2) is 24.8 Å². The Morgan fingerprint density at radius 3 is 2.80 bits per heavy atom. The van der Waals surface area contributed by atoms with Crippen molar-refractivity contribution in [2.45, 2.75) is 18.9 Å². The number of hydrogen-bond donors (Lipinski definition) is 1. The maximum atomic E-state index is 11.7. The third-order valence-electron chi connectivity index (χ3n) is 3.58. The van der Waals surface area contributed by atoms with Gasteiger partial charge < -0.3 is 5.73 Å². The van der Waals surface area contributed by atoms with Crippen LogP contribution in [0.5, 0.6) is 0 Å². The zero-order valence-corrected chi connectivity index (χ0v) is 11.8. The Kier molecular flexibility index (Phi) is 2.79. The van der Waals surface area contributed by atoms with Crippen molar-refractivity contribution in [3.05, 3.63) is 24.8 Å². The summed E-state index contributed by atoms with van der Waals surface area (Å²) in [6.45, 7) is 1.88. The van der Waals surface area contributed by atoms with Crippen molar-refractivity contribution in [2.24, 2.45) is 0 Å². The lowest BCUT2D eigenvalue weighted by molar-refractivity contribution is 0.329. The summed E-state index contributed by atoms with van der Waals surface area (Å²) in [5.41, 5.74) is 7.00. The first-order chi connectivity index (χ1) is 9.40. The molecule has 0 aliphatic carbocycles. The van der Waals surface area contributed by atoms with Crippen LogP contribution in [-0.4, -0.2) is 39.7 Å². The molecule has 1 aliphatic heterocycles. The summed E-state index contributed by atoms with van der Waals surface area (Å²) in [6, 6.07) is 0. The number of nitrogens with two attached hydrogens (primary N) is 1. The number of nitrogen functional groups attached to an aromatic ring is 1. The number of nitrogens with zero attached hydrogens (tertiary/aromatic N) is 4. The van der Waals surface area contributed by atoms with Gasteiger partial charge in [0.1, 0.15) is 11.4 Å². The van der Waals surface area contributed by atoms with E-state index in [1.54, 1.807) is 29.5 Å². The van der Waals surface area contributed by atoms with Gasteiger partial charge >= 0.3 is 0 Å². The first kappa shape index (κ1) is 13.0. The van der Waals surface area contributed by atoms with Gasteiger partial charge in [-0.1, -0.05) is 0 Å². The first-order valence-electron chi connectivity index (χ1n) is 6.22. The predicted octanol–water partition coefficient (Wildman–Crippen LogP) is 0.456. The van der Waals surface area contributed by atoms with E-state index in [0.717, 1.165) is 0 Å². The van der Waals surface area contributed by atoms with Crippen LogP contribution in [-0.2, 0) is 15.4 Å². The van der Waals surface area contributed by atoms with Crippen molar-refractivity contribution in [2.75, 3.05) is 17.2 Å². The summed E-state index contributed by atoms with van der Waals surface area (Å²) in [5, 5.41) is 4.42. The van der Waals surface area contributed by atoms with E-state index in [1.165, 1.54) is 0 Å². The fourth-order valence-corrected chi connectivity index (χ4v) is 4.58. The summed E-state index contributed by atoms with van der Waals surface area (Å²) < 4.78 is 25.0. The monoisotopic (exact) mass is 293 g/mol. The van der Waals surface area contributed by atoms with Crippen LogP contribution in [0.4, 0.5) is 5.69 Å². The molecule has 1 atom stereocenters. The average molecular weight is 293 g/mol. The molecule has 0 radical (unpaired) electrons. The van der Waals surface area contributed by atoms with Gasteiger partial charge in [-0.2, -0.15) is 5.10 Å². The molecule has 8 heteroatoms. The second-order valence-electron chi connectivity index (χ2n) is 5.31. The third-order valence-corrected chi connectivity index (χ3v) is 5.47. The van der Waals surface area contributed by atoms with E-state index in [2.05, 4.69) is 15.1 Å². The zero-order chi connectivity index (χ0) is 14.4. The van der Waals surface area contributed by atoms with Crippen LogP contribution in [0.3, 0.4) is 0 Å². The summed E-state index contributed by atoms with van der Waals surface area (Å²) >= 11 is 0. The molecule has 2 aromatic heterocycles. The van der Waals surface area contributed by atoms with Crippen LogP contribution in [0, 0.1) is 0 Å². The molecule has 0 amide bonds. The molecule has 7 nitrogen and oxygen atoms in total. The molecule has 1 unspecified atom stereocenters. The molecule has 2 aromatic rings. The fourth-order valence-electron chi connectivity index (χ4n) is 2.46. The largest absolute Gasteiger partial charge is 0.396 e. The number of anilines is 1. The van der Waals surface area contributed by atoms with Crippen molar-refractivity contribution in [1.29, 1.82) is 0 Å².